The van der Waals surface area contributed by atoms with Gasteiger partial charge in [-0.15, -0.1) is 0 Å². The summed E-state index contributed by atoms with van der Waals surface area (Å²) in [5.41, 5.74) is 7.66. The molecular weight excluding hydrogens is 781 g/mol. The van der Waals surface area contributed by atoms with E-state index < -0.39 is 8.07 Å². The van der Waals surface area contributed by atoms with Gasteiger partial charge in [0.05, 0.1) is 22.1 Å². The van der Waals surface area contributed by atoms with Crippen LogP contribution in [-0.4, -0.2) is 27.2 Å². The van der Waals surface area contributed by atoms with E-state index in [0.717, 1.165) is 44.8 Å². The molecule has 0 radical (unpaired) electrons. The molecule has 9 aromatic carbocycles. The Morgan fingerprint density at radius 3 is 1.11 bits per heavy atom. The van der Waals surface area contributed by atoms with Gasteiger partial charge in [0.15, 0.2) is 13.9 Å². The van der Waals surface area contributed by atoms with Crippen LogP contribution in [0.1, 0.15) is 0 Å². The molecule has 0 N–H and O–H groups in total. The average Bonchev–Trinajstić information content (AvgIpc) is 3.89. The Kier molecular flexibility index (Phi) is 8.80. The lowest BCUT2D eigenvalue weighted by molar-refractivity contribution is 0.994. The number of fused-ring (bicyclic) bond motifs is 6. The highest BCUT2D eigenvalue weighted by Crippen LogP contribution is 2.36. The smallest absolute Gasteiger partial charge is 0.180 e. The van der Waals surface area contributed by atoms with Crippen LogP contribution in [0.3, 0.4) is 0 Å². The molecule has 0 bridgehead atoms. The normalized spacial score (nSPS) is 11.8. The van der Waals surface area contributed by atoms with E-state index in [0.29, 0.717) is 5.82 Å². The second-order valence-electron chi connectivity index (χ2n) is 16.1. The lowest BCUT2D eigenvalue weighted by Gasteiger charge is -2.36. The number of nitrogens with zero attached hydrogens (tertiary/aromatic N) is 4. The molecule has 63 heavy (non-hydrogen) atoms. The van der Waals surface area contributed by atoms with Crippen molar-refractivity contribution in [3.8, 4) is 34.2 Å². The van der Waals surface area contributed by atoms with Crippen molar-refractivity contribution in [2.24, 2.45) is 0 Å². The SMILES string of the molecule is c1ccc([Si](c2ccccc2)(c2ccccc2)c2ccccc2-c2cccc(-c3nc(-n4c5ccccc5c5ccccc54)cc(-n4c5ccccc5c5ccccc54)n3)c2)cc1. The maximum Gasteiger partial charge on any atom is 0.180 e. The van der Waals surface area contributed by atoms with E-state index in [1.54, 1.807) is 0 Å². The maximum absolute atomic E-state index is 5.51. The highest BCUT2D eigenvalue weighted by Gasteiger charge is 2.42. The predicted octanol–water partition coefficient (Wildman–Crippen LogP) is 11.4. The van der Waals surface area contributed by atoms with Crippen molar-refractivity contribution in [3.05, 3.63) is 243 Å². The molecule has 5 heteroatoms. The first-order chi connectivity index (χ1) is 31.3. The summed E-state index contributed by atoms with van der Waals surface area (Å²) < 4.78 is 4.60. The predicted molar refractivity (Wildman–Crippen MR) is 265 cm³/mol. The molecule has 0 spiro atoms. The molecule has 0 saturated heterocycles. The lowest BCUT2D eigenvalue weighted by atomic mass is 10.0. The Bertz CT molecular complexity index is 3290. The molecule has 0 unspecified atom stereocenters. The van der Waals surface area contributed by atoms with Crippen molar-refractivity contribution in [2.75, 3.05) is 0 Å². The molecule has 12 aromatic rings. The number of para-hydroxylation sites is 4. The fraction of sp³-hybridized carbons (Fsp3) is 0. The van der Waals surface area contributed by atoms with E-state index >= 15 is 0 Å². The monoisotopic (exact) mass is 820 g/mol. The molecular formula is C58H40N4Si. The van der Waals surface area contributed by atoms with Crippen LogP contribution in [0.25, 0.3) is 77.8 Å². The Morgan fingerprint density at radius 1 is 0.302 bits per heavy atom. The summed E-state index contributed by atoms with van der Waals surface area (Å²) >= 11 is 0. The van der Waals surface area contributed by atoms with E-state index in [1.165, 1.54) is 47.9 Å². The van der Waals surface area contributed by atoms with E-state index in [2.05, 4.69) is 252 Å². The van der Waals surface area contributed by atoms with E-state index in [4.69, 9.17) is 9.97 Å². The molecule has 4 nitrogen and oxygen atoms in total. The third-order valence-electron chi connectivity index (χ3n) is 12.7. The molecule has 0 fully saturated rings. The molecule has 3 heterocycles. The van der Waals surface area contributed by atoms with Crippen molar-refractivity contribution in [2.45, 2.75) is 0 Å². The highest BCUT2D eigenvalue weighted by atomic mass is 28.3. The molecule has 0 aliphatic heterocycles. The summed E-state index contributed by atoms with van der Waals surface area (Å²) in [4.78, 5) is 11.0. The topological polar surface area (TPSA) is 35.6 Å². The highest BCUT2D eigenvalue weighted by molar-refractivity contribution is 7.20. The van der Waals surface area contributed by atoms with Crippen molar-refractivity contribution < 1.29 is 0 Å². The molecule has 0 amide bonds. The van der Waals surface area contributed by atoms with Crippen LogP contribution in [0, 0.1) is 0 Å². The van der Waals surface area contributed by atoms with Gasteiger partial charge >= 0.3 is 0 Å². The number of aromatic nitrogens is 4. The molecule has 0 saturated carbocycles. The lowest BCUT2D eigenvalue weighted by Crippen LogP contribution is -2.75. The quantitative estimate of drug-likeness (QED) is 0.113. The molecule has 0 atom stereocenters. The van der Waals surface area contributed by atoms with Gasteiger partial charge in [-0.3, -0.25) is 9.13 Å². The first kappa shape index (κ1) is 36.7. The summed E-state index contributed by atoms with van der Waals surface area (Å²) in [6.07, 6.45) is 0. The Labute approximate surface area is 366 Å². The minimum absolute atomic E-state index is 0.656. The van der Waals surface area contributed by atoms with E-state index in [1.807, 2.05) is 0 Å². The molecule has 3 aromatic heterocycles. The van der Waals surface area contributed by atoms with Gasteiger partial charge in [-0.2, -0.15) is 0 Å². The van der Waals surface area contributed by atoms with Crippen molar-refractivity contribution in [1.29, 1.82) is 0 Å². The number of rotatable bonds is 8. The Balaban J connectivity index is 1.12. The summed E-state index contributed by atoms with van der Waals surface area (Å²) in [6, 6.07) is 87.9. The fourth-order valence-corrected chi connectivity index (χ4v) is 15.0. The van der Waals surface area contributed by atoms with Gasteiger partial charge in [-0.1, -0.05) is 206 Å². The number of hydrogen-bond acceptors (Lipinski definition) is 2. The average molecular weight is 821 g/mol. The minimum Gasteiger partial charge on any atom is -0.294 e. The van der Waals surface area contributed by atoms with Crippen LogP contribution in [0.4, 0.5) is 0 Å². The van der Waals surface area contributed by atoms with Crippen LogP contribution in [0.15, 0.2) is 243 Å². The van der Waals surface area contributed by atoms with Crippen LogP contribution < -0.4 is 20.7 Å². The van der Waals surface area contributed by atoms with Gasteiger partial charge in [-0.05, 0) is 62.2 Å². The molecule has 0 aliphatic carbocycles. The van der Waals surface area contributed by atoms with Gasteiger partial charge in [-0.25, -0.2) is 9.97 Å². The number of hydrogen-bond donors (Lipinski definition) is 0. The summed E-state index contributed by atoms with van der Waals surface area (Å²) in [7, 11) is -2.86. The molecule has 0 aliphatic rings. The minimum atomic E-state index is -2.86. The van der Waals surface area contributed by atoms with Crippen LogP contribution in [0.2, 0.25) is 0 Å². The first-order valence-electron chi connectivity index (χ1n) is 21.5. The largest absolute Gasteiger partial charge is 0.294 e. The van der Waals surface area contributed by atoms with Gasteiger partial charge in [0.2, 0.25) is 0 Å². The Morgan fingerprint density at radius 2 is 0.667 bits per heavy atom. The van der Waals surface area contributed by atoms with Gasteiger partial charge in [0, 0.05) is 33.2 Å². The first-order valence-corrected chi connectivity index (χ1v) is 23.5. The molecule has 296 valence electrons. The second kappa shape index (κ2) is 15.1. The van der Waals surface area contributed by atoms with Crippen molar-refractivity contribution >= 4 is 72.4 Å². The van der Waals surface area contributed by atoms with Crippen molar-refractivity contribution in [3.63, 3.8) is 0 Å². The third kappa shape index (κ3) is 5.89. The summed E-state index contributed by atoms with van der Waals surface area (Å²) in [5.74, 6) is 2.27. The number of benzene rings is 9. The van der Waals surface area contributed by atoms with E-state index in [-0.39, 0.29) is 0 Å². The van der Waals surface area contributed by atoms with E-state index in [9.17, 15) is 0 Å². The van der Waals surface area contributed by atoms with Crippen LogP contribution >= 0.6 is 0 Å². The standard InChI is InChI=1S/C58H40N4Si/c1-4-23-43(24-5-1)63(44-25-6-2-7-26-44,45-27-8-3-9-28-45)55-38-19-14-29-46(55)41-21-20-22-42(39-41)58-59-56(61-51-34-15-10-30-47(51)48-31-11-16-35-52(48)61)40-57(60-58)62-53-36-17-12-32-49(53)50-33-13-18-37-54(50)62/h1-40H. The van der Waals surface area contributed by atoms with Gasteiger partial charge in [0.25, 0.3) is 0 Å². The zero-order valence-corrected chi connectivity index (χ0v) is 35.4. The Hall–Kier alpha value is -8.12. The van der Waals surface area contributed by atoms with Crippen LogP contribution in [0.5, 0.6) is 0 Å². The second-order valence-corrected chi connectivity index (χ2v) is 19.9. The van der Waals surface area contributed by atoms with Gasteiger partial charge in [0.1, 0.15) is 11.6 Å². The third-order valence-corrected chi connectivity index (χ3v) is 17.5. The fourth-order valence-electron chi connectivity index (χ4n) is 10.0. The summed E-state index contributed by atoms with van der Waals surface area (Å²) in [5, 5.41) is 10.1. The maximum atomic E-state index is 5.51. The zero-order chi connectivity index (χ0) is 41.7. The molecule has 12 rings (SSSR count). The van der Waals surface area contributed by atoms with Gasteiger partial charge < -0.3 is 0 Å². The summed E-state index contributed by atoms with van der Waals surface area (Å²) in [6.45, 7) is 0. The zero-order valence-electron chi connectivity index (χ0n) is 34.4. The van der Waals surface area contributed by atoms with Crippen molar-refractivity contribution in [1.82, 2.24) is 19.1 Å². The van der Waals surface area contributed by atoms with Crippen LogP contribution in [-0.2, 0) is 0 Å².